The number of fused-ring (bicyclic) bond motifs is 2. The molecule has 0 saturated carbocycles. The van der Waals surface area contributed by atoms with E-state index in [1.165, 1.54) is 17.5 Å². The van der Waals surface area contributed by atoms with E-state index in [2.05, 4.69) is 24.2 Å². The molecule has 160 valence electrons. The van der Waals surface area contributed by atoms with Crippen LogP contribution in [0.2, 0.25) is 0 Å². The molecule has 4 heterocycles. The fourth-order valence-corrected chi connectivity index (χ4v) is 4.85. The summed E-state index contributed by atoms with van der Waals surface area (Å²) in [7, 11) is 0. The van der Waals surface area contributed by atoms with E-state index >= 15 is 0 Å². The molecule has 6 heteroatoms. The minimum Gasteiger partial charge on any atom is -0.493 e. The zero-order chi connectivity index (χ0) is 20.5. The van der Waals surface area contributed by atoms with E-state index in [0.29, 0.717) is 18.7 Å². The Kier molecular flexibility index (Phi) is 5.50. The molecule has 0 aliphatic carbocycles. The average molecular weight is 411 g/mol. The van der Waals surface area contributed by atoms with Crippen molar-refractivity contribution < 1.29 is 19.0 Å². The molecule has 0 N–H and O–H groups in total. The molecule has 0 spiro atoms. The summed E-state index contributed by atoms with van der Waals surface area (Å²) in [5.41, 5.74) is 2.93. The molecule has 5 rings (SSSR count). The zero-order valence-electron chi connectivity index (χ0n) is 17.6. The van der Waals surface area contributed by atoms with Crippen LogP contribution >= 0.6 is 0 Å². The lowest BCUT2D eigenvalue weighted by Gasteiger charge is -2.25. The highest BCUT2D eigenvalue weighted by atomic mass is 16.5. The molecular formula is C24H30N2O4. The number of rotatable bonds is 6. The maximum atomic E-state index is 12.8. The summed E-state index contributed by atoms with van der Waals surface area (Å²) in [6.45, 7) is 5.19. The van der Waals surface area contributed by atoms with Gasteiger partial charge in [0.05, 0.1) is 13.2 Å². The van der Waals surface area contributed by atoms with Crippen LogP contribution in [0.3, 0.4) is 0 Å². The SMILES string of the molecule is Cc1ccc2c(c1)CC(CC(=O)c1cc3n(n1)CC(CCC1CCOCC1)O3)CO2. The van der Waals surface area contributed by atoms with E-state index in [0.717, 1.165) is 63.0 Å². The quantitative estimate of drug-likeness (QED) is 0.674. The molecular weight excluding hydrogens is 380 g/mol. The van der Waals surface area contributed by atoms with Crippen molar-refractivity contribution in [2.75, 3.05) is 19.8 Å². The van der Waals surface area contributed by atoms with Crippen molar-refractivity contribution in [3.05, 3.63) is 41.1 Å². The van der Waals surface area contributed by atoms with Gasteiger partial charge in [0.15, 0.2) is 5.78 Å². The van der Waals surface area contributed by atoms with E-state index in [-0.39, 0.29) is 17.8 Å². The Labute approximate surface area is 177 Å². The molecule has 2 unspecified atom stereocenters. The molecule has 1 saturated heterocycles. The lowest BCUT2D eigenvalue weighted by atomic mass is 9.91. The highest BCUT2D eigenvalue weighted by Gasteiger charge is 2.29. The first kappa shape index (κ1) is 19.6. The van der Waals surface area contributed by atoms with Gasteiger partial charge >= 0.3 is 0 Å². The summed E-state index contributed by atoms with van der Waals surface area (Å²) in [6.07, 6.45) is 6.03. The van der Waals surface area contributed by atoms with Crippen molar-refractivity contribution in [3.8, 4) is 11.6 Å². The number of hydrogen-bond acceptors (Lipinski definition) is 5. The number of ketones is 1. The number of aryl methyl sites for hydroxylation is 1. The van der Waals surface area contributed by atoms with Crippen molar-refractivity contribution >= 4 is 5.78 Å². The van der Waals surface area contributed by atoms with E-state index in [9.17, 15) is 4.79 Å². The standard InChI is InChI=1S/C24H30N2O4/c1-16-2-5-23-19(10-16)11-18(15-29-23)12-22(27)21-13-24-26(25-21)14-20(30-24)4-3-17-6-8-28-9-7-17/h2,5,10,13,17-18,20H,3-4,6-9,11-12,14-15H2,1H3. The third-order valence-corrected chi connectivity index (χ3v) is 6.60. The van der Waals surface area contributed by atoms with Crippen molar-refractivity contribution in [2.24, 2.45) is 11.8 Å². The van der Waals surface area contributed by atoms with Gasteiger partial charge in [-0.2, -0.15) is 5.10 Å². The molecule has 2 atom stereocenters. The summed E-state index contributed by atoms with van der Waals surface area (Å²) >= 11 is 0. The second-order valence-corrected chi connectivity index (χ2v) is 9.04. The normalized spacial score (nSPS) is 23.4. The third-order valence-electron chi connectivity index (χ3n) is 6.60. The van der Waals surface area contributed by atoms with Gasteiger partial charge in [-0.3, -0.25) is 4.79 Å². The number of carbonyl (C=O) groups is 1. The Balaban J connectivity index is 1.13. The predicted molar refractivity (Wildman–Crippen MR) is 112 cm³/mol. The molecule has 0 amide bonds. The van der Waals surface area contributed by atoms with Crippen LogP contribution < -0.4 is 9.47 Å². The minimum absolute atomic E-state index is 0.0731. The second-order valence-electron chi connectivity index (χ2n) is 9.04. The summed E-state index contributed by atoms with van der Waals surface area (Å²) in [5.74, 6) is 2.70. The fourth-order valence-electron chi connectivity index (χ4n) is 4.85. The van der Waals surface area contributed by atoms with Gasteiger partial charge in [-0.15, -0.1) is 0 Å². The number of Topliss-reactive ketones (excluding diaryl/α,β-unsaturated/α-hetero) is 1. The van der Waals surface area contributed by atoms with E-state index in [4.69, 9.17) is 14.2 Å². The maximum Gasteiger partial charge on any atom is 0.212 e. The average Bonchev–Trinajstić information content (AvgIpc) is 3.32. The summed E-state index contributed by atoms with van der Waals surface area (Å²) in [5, 5.41) is 4.54. The largest absolute Gasteiger partial charge is 0.493 e. The number of nitrogens with zero attached hydrogens (tertiary/aromatic N) is 2. The van der Waals surface area contributed by atoms with Gasteiger partial charge in [0, 0.05) is 31.6 Å². The topological polar surface area (TPSA) is 62.6 Å². The highest BCUT2D eigenvalue weighted by Crippen LogP contribution is 2.31. The molecule has 6 nitrogen and oxygen atoms in total. The summed E-state index contributed by atoms with van der Waals surface area (Å²) in [4.78, 5) is 12.8. The number of hydrogen-bond donors (Lipinski definition) is 0. The first-order valence-corrected chi connectivity index (χ1v) is 11.2. The van der Waals surface area contributed by atoms with Gasteiger partial charge in [-0.1, -0.05) is 17.7 Å². The molecule has 1 fully saturated rings. The van der Waals surface area contributed by atoms with E-state index in [1.807, 2.05) is 16.8 Å². The van der Waals surface area contributed by atoms with Gasteiger partial charge in [0.2, 0.25) is 5.88 Å². The van der Waals surface area contributed by atoms with Crippen molar-refractivity contribution in [2.45, 2.75) is 58.1 Å². The summed E-state index contributed by atoms with van der Waals surface area (Å²) < 4.78 is 19.2. The Morgan fingerprint density at radius 3 is 2.87 bits per heavy atom. The molecule has 30 heavy (non-hydrogen) atoms. The Morgan fingerprint density at radius 1 is 1.17 bits per heavy atom. The van der Waals surface area contributed by atoms with Crippen LogP contribution in [-0.2, 0) is 17.7 Å². The molecule has 0 bridgehead atoms. The third kappa shape index (κ3) is 4.24. The monoisotopic (exact) mass is 410 g/mol. The van der Waals surface area contributed by atoms with E-state index < -0.39 is 0 Å². The van der Waals surface area contributed by atoms with Crippen LogP contribution in [0.5, 0.6) is 11.6 Å². The van der Waals surface area contributed by atoms with Crippen molar-refractivity contribution in [1.29, 1.82) is 0 Å². The van der Waals surface area contributed by atoms with Crippen molar-refractivity contribution in [1.82, 2.24) is 9.78 Å². The van der Waals surface area contributed by atoms with Crippen LogP contribution in [0, 0.1) is 18.8 Å². The lowest BCUT2D eigenvalue weighted by Crippen LogP contribution is -2.24. The predicted octanol–water partition coefficient (Wildman–Crippen LogP) is 3.98. The molecule has 0 radical (unpaired) electrons. The van der Waals surface area contributed by atoms with Gasteiger partial charge in [0.25, 0.3) is 0 Å². The van der Waals surface area contributed by atoms with Crippen LogP contribution in [0.15, 0.2) is 24.3 Å². The molecule has 1 aromatic heterocycles. The smallest absolute Gasteiger partial charge is 0.212 e. The number of benzene rings is 1. The van der Waals surface area contributed by atoms with Crippen LogP contribution in [0.1, 0.15) is 53.7 Å². The number of carbonyl (C=O) groups excluding carboxylic acids is 1. The lowest BCUT2D eigenvalue weighted by molar-refractivity contribution is 0.0594. The van der Waals surface area contributed by atoms with Crippen molar-refractivity contribution in [3.63, 3.8) is 0 Å². The van der Waals surface area contributed by atoms with Crippen LogP contribution in [0.4, 0.5) is 0 Å². The zero-order valence-corrected chi connectivity index (χ0v) is 17.6. The molecule has 1 aromatic carbocycles. The second kappa shape index (κ2) is 8.42. The first-order valence-electron chi connectivity index (χ1n) is 11.2. The number of ether oxygens (including phenoxy) is 3. The maximum absolute atomic E-state index is 12.8. The van der Waals surface area contributed by atoms with Gasteiger partial charge in [0.1, 0.15) is 17.5 Å². The fraction of sp³-hybridized carbons (Fsp3) is 0.583. The highest BCUT2D eigenvalue weighted by molar-refractivity contribution is 5.94. The number of aromatic nitrogens is 2. The van der Waals surface area contributed by atoms with Gasteiger partial charge < -0.3 is 14.2 Å². The van der Waals surface area contributed by atoms with Gasteiger partial charge in [-0.25, -0.2) is 4.68 Å². The van der Waals surface area contributed by atoms with Gasteiger partial charge in [-0.05, 0) is 56.6 Å². The Hall–Kier alpha value is -2.34. The van der Waals surface area contributed by atoms with Crippen LogP contribution in [0.25, 0.3) is 0 Å². The molecule has 3 aliphatic rings. The minimum atomic E-state index is 0.0731. The summed E-state index contributed by atoms with van der Waals surface area (Å²) in [6, 6.07) is 8.07. The molecule has 2 aromatic rings. The first-order chi connectivity index (χ1) is 14.6. The molecule has 3 aliphatic heterocycles. The Morgan fingerprint density at radius 2 is 2.03 bits per heavy atom. The Bertz CT molecular complexity index is 892. The van der Waals surface area contributed by atoms with Crippen LogP contribution in [-0.4, -0.2) is 41.5 Å². The van der Waals surface area contributed by atoms with E-state index in [1.54, 1.807) is 0 Å².